The number of rotatable bonds is 4. The van der Waals surface area contributed by atoms with E-state index in [1.165, 1.54) is 0 Å². The van der Waals surface area contributed by atoms with Crippen LogP contribution < -0.4 is 10.1 Å². The van der Waals surface area contributed by atoms with Gasteiger partial charge in [-0.05, 0) is 23.5 Å². The number of fused-ring (bicyclic) bond motifs is 1. The normalized spacial score (nSPS) is 10.5. The Morgan fingerprint density at radius 1 is 1.24 bits per heavy atom. The molecule has 1 N–H and O–H groups in total. The number of ether oxygens (including phenoxy) is 1. The topological polar surface area (TPSA) is 64.4 Å². The van der Waals surface area contributed by atoms with Crippen LogP contribution in [0.3, 0.4) is 0 Å². The van der Waals surface area contributed by atoms with E-state index in [1.54, 1.807) is 13.0 Å². The Morgan fingerprint density at radius 3 is 2.86 bits per heavy atom. The van der Waals surface area contributed by atoms with E-state index in [0.717, 1.165) is 16.5 Å². The SMILES string of the molecule is Cc1cc(OCC(=O)Nc2cccc3ccccc23)no1. The third-order valence-corrected chi connectivity index (χ3v) is 3.02. The summed E-state index contributed by atoms with van der Waals surface area (Å²) >= 11 is 0. The fourth-order valence-corrected chi connectivity index (χ4v) is 2.07. The molecule has 0 spiro atoms. The summed E-state index contributed by atoms with van der Waals surface area (Å²) in [5.74, 6) is 0.701. The van der Waals surface area contributed by atoms with Gasteiger partial charge in [-0.3, -0.25) is 4.79 Å². The monoisotopic (exact) mass is 282 g/mol. The minimum absolute atomic E-state index is 0.116. The zero-order valence-electron chi connectivity index (χ0n) is 11.5. The zero-order chi connectivity index (χ0) is 14.7. The van der Waals surface area contributed by atoms with Gasteiger partial charge in [0.05, 0.1) is 0 Å². The summed E-state index contributed by atoms with van der Waals surface area (Å²) in [4.78, 5) is 11.9. The fourth-order valence-electron chi connectivity index (χ4n) is 2.07. The first-order valence-corrected chi connectivity index (χ1v) is 6.56. The molecule has 0 aliphatic heterocycles. The Bertz CT molecular complexity index is 775. The predicted octanol–water partition coefficient (Wildman–Crippen LogP) is 3.15. The summed E-state index contributed by atoms with van der Waals surface area (Å²) in [6, 6.07) is 15.3. The van der Waals surface area contributed by atoms with Gasteiger partial charge in [-0.1, -0.05) is 36.4 Å². The highest BCUT2D eigenvalue weighted by Gasteiger charge is 2.08. The van der Waals surface area contributed by atoms with Gasteiger partial charge in [0.1, 0.15) is 5.76 Å². The smallest absolute Gasteiger partial charge is 0.262 e. The quantitative estimate of drug-likeness (QED) is 0.798. The van der Waals surface area contributed by atoms with Crippen molar-refractivity contribution in [3.05, 3.63) is 54.3 Å². The third-order valence-electron chi connectivity index (χ3n) is 3.02. The molecule has 3 aromatic rings. The molecule has 21 heavy (non-hydrogen) atoms. The van der Waals surface area contributed by atoms with Crippen LogP contribution in [-0.2, 0) is 4.79 Å². The third kappa shape index (κ3) is 3.02. The molecule has 0 unspecified atom stereocenters. The van der Waals surface area contributed by atoms with Crippen molar-refractivity contribution in [3.8, 4) is 5.88 Å². The fraction of sp³-hybridized carbons (Fsp3) is 0.125. The lowest BCUT2D eigenvalue weighted by Crippen LogP contribution is -2.20. The van der Waals surface area contributed by atoms with Gasteiger partial charge in [-0.2, -0.15) is 0 Å². The molecule has 2 aromatic carbocycles. The van der Waals surface area contributed by atoms with Crippen molar-refractivity contribution in [2.75, 3.05) is 11.9 Å². The molecule has 0 saturated heterocycles. The molecular formula is C16H14N2O3. The summed E-state index contributed by atoms with van der Waals surface area (Å²) in [6.07, 6.45) is 0. The first-order chi connectivity index (χ1) is 10.2. The van der Waals surface area contributed by atoms with Crippen LogP contribution >= 0.6 is 0 Å². The Hall–Kier alpha value is -2.82. The van der Waals surface area contributed by atoms with Gasteiger partial charge in [0, 0.05) is 17.1 Å². The largest absolute Gasteiger partial charge is 0.465 e. The molecule has 0 atom stereocenters. The van der Waals surface area contributed by atoms with E-state index >= 15 is 0 Å². The molecule has 1 heterocycles. The van der Waals surface area contributed by atoms with Crippen LogP contribution in [0, 0.1) is 6.92 Å². The number of amides is 1. The Balaban J connectivity index is 1.69. The van der Waals surface area contributed by atoms with Crippen LogP contribution in [0.15, 0.2) is 53.1 Å². The minimum atomic E-state index is -0.244. The Kier molecular flexibility index (Phi) is 3.55. The van der Waals surface area contributed by atoms with Gasteiger partial charge in [0.2, 0.25) is 0 Å². The van der Waals surface area contributed by atoms with Crippen molar-refractivity contribution in [1.29, 1.82) is 0 Å². The average Bonchev–Trinajstić information content (AvgIpc) is 2.91. The summed E-state index contributed by atoms with van der Waals surface area (Å²) in [5, 5.41) is 8.57. The minimum Gasteiger partial charge on any atom is -0.465 e. The van der Waals surface area contributed by atoms with Gasteiger partial charge in [-0.15, -0.1) is 0 Å². The molecule has 0 radical (unpaired) electrons. The number of hydrogen-bond donors (Lipinski definition) is 1. The van der Waals surface area contributed by atoms with Crippen molar-refractivity contribution >= 4 is 22.4 Å². The first kappa shape index (κ1) is 13.2. The van der Waals surface area contributed by atoms with Crippen LogP contribution in [0.2, 0.25) is 0 Å². The predicted molar refractivity (Wildman–Crippen MR) is 79.3 cm³/mol. The van der Waals surface area contributed by atoms with Crippen molar-refractivity contribution in [2.45, 2.75) is 6.92 Å². The van der Waals surface area contributed by atoms with E-state index in [2.05, 4.69) is 10.5 Å². The maximum Gasteiger partial charge on any atom is 0.262 e. The second kappa shape index (κ2) is 5.66. The molecule has 106 valence electrons. The molecule has 1 aromatic heterocycles. The molecule has 0 aliphatic carbocycles. The molecule has 0 saturated carbocycles. The van der Waals surface area contributed by atoms with Crippen LogP contribution in [0.4, 0.5) is 5.69 Å². The standard InChI is InChI=1S/C16H14N2O3/c1-11-9-16(18-21-11)20-10-15(19)17-14-8-4-6-12-5-2-3-7-13(12)14/h2-9H,10H2,1H3,(H,17,19). The number of carbonyl (C=O) groups is 1. The van der Waals surface area contributed by atoms with E-state index in [9.17, 15) is 4.79 Å². The van der Waals surface area contributed by atoms with Gasteiger partial charge in [-0.25, -0.2) is 0 Å². The number of carbonyl (C=O) groups excluding carboxylic acids is 1. The molecule has 0 aliphatic rings. The van der Waals surface area contributed by atoms with Gasteiger partial charge in [0.25, 0.3) is 11.8 Å². The molecule has 1 amide bonds. The number of anilines is 1. The molecule has 5 nitrogen and oxygen atoms in total. The second-order valence-electron chi connectivity index (χ2n) is 4.64. The highest BCUT2D eigenvalue weighted by molar-refractivity contribution is 6.02. The molecule has 0 fully saturated rings. The molecule has 0 bridgehead atoms. The van der Waals surface area contributed by atoms with Crippen LogP contribution in [0.5, 0.6) is 5.88 Å². The molecule has 5 heteroatoms. The average molecular weight is 282 g/mol. The molecular weight excluding hydrogens is 268 g/mol. The number of hydrogen-bond acceptors (Lipinski definition) is 4. The van der Waals surface area contributed by atoms with Crippen LogP contribution in [-0.4, -0.2) is 17.7 Å². The number of benzene rings is 2. The van der Waals surface area contributed by atoms with Crippen molar-refractivity contribution in [2.24, 2.45) is 0 Å². The van der Waals surface area contributed by atoms with E-state index in [-0.39, 0.29) is 12.5 Å². The zero-order valence-corrected chi connectivity index (χ0v) is 11.5. The summed E-state index contributed by atoms with van der Waals surface area (Å²) in [5.41, 5.74) is 0.762. The van der Waals surface area contributed by atoms with Crippen molar-refractivity contribution in [1.82, 2.24) is 5.16 Å². The van der Waals surface area contributed by atoms with Crippen molar-refractivity contribution < 1.29 is 14.1 Å². The number of aromatic nitrogens is 1. The van der Waals surface area contributed by atoms with Crippen LogP contribution in [0.25, 0.3) is 10.8 Å². The van der Waals surface area contributed by atoms with Crippen molar-refractivity contribution in [3.63, 3.8) is 0 Å². The summed E-state index contributed by atoms with van der Waals surface area (Å²) < 4.78 is 10.1. The highest BCUT2D eigenvalue weighted by atomic mass is 16.5. The van der Waals surface area contributed by atoms with Gasteiger partial charge < -0.3 is 14.6 Å². The number of nitrogens with one attached hydrogen (secondary N) is 1. The number of nitrogens with zero attached hydrogens (tertiary/aromatic N) is 1. The highest BCUT2D eigenvalue weighted by Crippen LogP contribution is 2.22. The van der Waals surface area contributed by atoms with Crippen LogP contribution in [0.1, 0.15) is 5.76 Å². The lowest BCUT2D eigenvalue weighted by molar-refractivity contribution is -0.118. The van der Waals surface area contributed by atoms with E-state index < -0.39 is 0 Å². The van der Waals surface area contributed by atoms with Gasteiger partial charge in [0.15, 0.2) is 6.61 Å². The first-order valence-electron chi connectivity index (χ1n) is 6.56. The van der Waals surface area contributed by atoms with E-state index in [0.29, 0.717) is 11.6 Å². The lowest BCUT2D eigenvalue weighted by Gasteiger charge is -2.08. The summed E-state index contributed by atoms with van der Waals surface area (Å²) in [6.45, 7) is 1.64. The van der Waals surface area contributed by atoms with E-state index in [4.69, 9.17) is 9.26 Å². The maximum absolute atomic E-state index is 11.9. The molecule has 3 rings (SSSR count). The van der Waals surface area contributed by atoms with Gasteiger partial charge >= 0.3 is 0 Å². The Labute approximate surface area is 121 Å². The Morgan fingerprint density at radius 2 is 2.05 bits per heavy atom. The maximum atomic E-state index is 11.9. The second-order valence-corrected chi connectivity index (χ2v) is 4.64. The van der Waals surface area contributed by atoms with E-state index in [1.807, 2.05) is 42.5 Å². The summed E-state index contributed by atoms with van der Waals surface area (Å²) in [7, 11) is 0. The number of aryl methyl sites for hydroxylation is 1. The lowest BCUT2D eigenvalue weighted by atomic mass is 10.1.